The Hall–Kier alpha value is -3.96. The summed E-state index contributed by atoms with van der Waals surface area (Å²) in [5, 5.41) is 9.42. The maximum atomic E-state index is 15.4. The number of urea groups is 1. The number of halogens is 7. The molecule has 4 atom stereocenters. The SMILES string of the molecule is Cc1nonc1C(=O)N[C@H](c1nc2c(F)cc([C@@H](C3CC3)N(CCC(F)(F)F)C(N)=O)cc2[nH]1)[C@@H](C)O[C@H](C)C(F)(F)F. The van der Waals surface area contributed by atoms with E-state index in [1.54, 1.807) is 0 Å². The number of imidazole rings is 1. The van der Waals surface area contributed by atoms with Crippen molar-refractivity contribution < 1.29 is 49.7 Å². The molecule has 0 radical (unpaired) electrons. The van der Waals surface area contributed by atoms with Crippen LogP contribution < -0.4 is 11.1 Å². The molecule has 0 spiro atoms. The number of amides is 3. The van der Waals surface area contributed by atoms with E-state index in [1.807, 2.05) is 0 Å². The van der Waals surface area contributed by atoms with Gasteiger partial charge in [0.05, 0.1) is 24.1 Å². The minimum absolute atomic E-state index is 0.00509. The molecule has 0 aliphatic heterocycles. The van der Waals surface area contributed by atoms with Crippen LogP contribution in [0.1, 0.15) is 72.8 Å². The van der Waals surface area contributed by atoms with Crippen molar-refractivity contribution in [3.8, 4) is 0 Å². The first-order chi connectivity index (χ1) is 20.0. The van der Waals surface area contributed by atoms with E-state index in [1.165, 1.54) is 19.9 Å². The summed E-state index contributed by atoms with van der Waals surface area (Å²) in [6.45, 7) is 2.67. The summed E-state index contributed by atoms with van der Waals surface area (Å²) in [6.07, 6.45) is -13.1. The maximum absolute atomic E-state index is 15.4. The monoisotopic (exact) mass is 623 g/mol. The summed E-state index contributed by atoms with van der Waals surface area (Å²) in [5.74, 6) is -2.29. The number of nitrogens with one attached hydrogen (secondary N) is 2. The van der Waals surface area contributed by atoms with Crippen molar-refractivity contribution in [3.63, 3.8) is 0 Å². The lowest BCUT2D eigenvalue weighted by molar-refractivity contribution is -0.227. The Morgan fingerprint density at radius 3 is 2.40 bits per heavy atom. The number of alkyl halides is 6. The number of fused-ring (bicyclic) bond motifs is 1. The van der Waals surface area contributed by atoms with Crippen LogP contribution in [0.2, 0.25) is 0 Å². The largest absolute Gasteiger partial charge is 0.414 e. The van der Waals surface area contributed by atoms with Crippen molar-refractivity contribution in [2.45, 2.75) is 76.7 Å². The van der Waals surface area contributed by atoms with Gasteiger partial charge in [-0.15, -0.1) is 0 Å². The van der Waals surface area contributed by atoms with E-state index in [0.717, 1.165) is 17.9 Å². The van der Waals surface area contributed by atoms with Gasteiger partial charge in [-0.05, 0) is 62.4 Å². The molecule has 2 aromatic heterocycles. The third kappa shape index (κ3) is 7.52. The Morgan fingerprint density at radius 2 is 1.86 bits per heavy atom. The highest BCUT2D eigenvalue weighted by Crippen LogP contribution is 2.45. The van der Waals surface area contributed by atoms with Gasteiger partial charge in [-0.25, -0.2) is 18.8 Å². The molecule has 4 N–H and O–H groups in total. The van der Waals surface area contributed by atoms with E-state index >= 15 is 4.39 Å². The predicted molar refractivity (Wildman–Crippen MR) is 134 cm³/mol. The number of benzene rings is 1. The van der Waals surface area contributed by atoms with Crippen LogP contribution in [0.4, 0.5) is 35.5 Å². The van der Waals surface area contributed by atoms with Crippen LogP contribution in [-0.2, 0) is 4.74 Å². The highest BCUT2D eigenvalue weighted by molar-refractivity contribution is 5.93. The molecule has 1 aromatic carbocycles. The van der Waals surface area contributed by atoms with Crippen molar-refractivity contribution in [1.82, 2.24) is 30.5 Å². The molecule has 4 rings (SSSR count). The van der Waals surface area contributed by atoms with Crippen LogP contribution in [0.15, 0.2) is 16.8 Å². The number of ether oxygens (including phenoxy) is 1. The summed E-state index contributed by atoms with van der Waals surface area (Å²) in [5.41, 5.74) is 5.12. The minimum Gasteiger partial charge on any atom is -0.364 e. The number of primary amides is 1. The standard InChI is InChI=1S/C25H28F7N7O4/c1-10-17(38-43-37-10)22(40)36-18(11(2)42-12(3)25(30,31)32)21-34-16-9-14(8-15(26)19(16)35-21)20(13-4-5-13)39(23(33)41)7-6-24(27,28)29/h8-9,11-13,18,20H,4-7H2,1-3H3,(H2,33,41)(H,34,35)(H,36,40)/t11-,12-,18+,20-/m1/s1. The van der Waals surface area contributed by atoms with Crippen molar-refractivity contribution in [2.24, 2.45) is 11.7 Å². The first-order valence-corrected chi connectivity index (χ1v) is 13.1. The van der Waals surface area contributed by atoms with Crippen molar-refractivity contribution in [3.05, 3.63) is 40.7 Å². The lowest BCUT2D eigenvalue weighted by atomic mass is 9.99. The van der Waals surface area contributed by atoms with E-state index in [9.17, 15) is 35.9 Å². The fourth-order valence-electron chi connectivity index (χ4n) is 4.72. The van der Waals surface area contributed by atoms with Crippen LogP contribution in [0.5, 0.6) is 0 Å². The molecule has 1 aliphatic rings. The molecule has 3 aromatic rings. The third-order valence-electron chi connectivity index (χ3n) is 7.04. The Bertz CT molecular complexity index is 1470. The van der Waals surface area contributed by atoms with Crippen LogP contribution in [0.3, 0.4) is 0 Å². The average molecular weight is 624 g/mol. The predicted octanol–water partition coefficient (Wildman–Crippen LogP) is 5.00. The number of nitrogens with zero attached hydrogens (tertiary/aromatic N) is 4. The van der Waals surface area contributed by atoms with Crippen molar-refractivity contribution in [2.75, 3.05) is 6.54 Å². The number of aromatic amines is 1. The molecule has 236 valence electrons. The Balaban J connectivity index is 1.72. The highest BCUT2D eigenvalue weighted by Gasteiger charge is 2.42. The van der Waals surface area contributed by atoms with Gasteiger partial charge in [0.1, 0.15) is 23.1 Å². The van der Waals surface area contributed by atoms with Gasteiger partial charge >= 0.3 is 18.4 Å². The first-order valence-electron chi connectivity index (χ1n) is 13.1. The summed E-state index contributed by atoms with van der Waals surface area (Å²) >= 11 is 0. The van der Waals surface area contributed by atoms with Gasteiger partial charge in [-0.3, -0.25) is 4.79 Å². The minimum atomic E-state index is -4.74. The zero-order chi connectivity index (χ0) is 31.9. The number of aryl methyl sites for hydroxylation is 1. The Labute approximate surface area is 239 Å². The molecule has 0 unspecified atom stereocenters. The number of carbonyl (C=O) groups is 2. The van der Waals surface area contributed by atoms with Crippen molar-refractivity contribution >= 4 is 23.0 Å². The smallest absolute Gasteiger partial charge is 0.364 e. The van der Waals surface area contributed by atoms with E-state index in [-0.39, 0.29) is 39.7 Å². The summed E-state index contributed by atoms with van der Waals surface area (Å²) in [4.78, 5) is 32.8. The first kappa shape index (κ1) is 32.0. The number of nitrogens with two attached hydrogens (primary N) is 1. The number of aromatic nitrogens is 4. The number of carbonyl (C=O) groups excluding carboxylic acids is 2. The van der Waals surface area contributed by atoms with Gasteiger partial charge in [-0.2, -0.15) is 26.3 Å². The second-order valence-corrected chi connectivity index (χ2v) is 10.4. The van der Waals surface area contributed by atoms with Crippen LogP contribution in [-0.4, -0.2) is 68.2 Å². The Kier molecular flexibility index (Phi) is 8.90. The molecule has 1 saturated carbocycles. The van der Waals surface area contributed by atoms with Crippen LogP contribution in [0.25, 0.3) is 11.0 Å². The zero-order valence-corrected chi connectivity index (χ0v) is 23.0. The topological polar surface area (TPSA) is 152 Å². The second-order valence-electron chi connectivity index (χ2n) is 10.4. The molecule has 1 aliphatic carbocycles. The summed E-state index contributed by atoms with van der Waals surface area (Å²) in [6, 6.07) is -1.11. The lowest BCUT2D eigenvalue weighted by Crippen LogP contribution is -2.41. The second kappa shape index (κ2) is 12.0. The molecule has 1 fully saturated rings. The summed E-state index contributed by atoms with van der Waals surface area (Å²) < 4.78 is 104. The quantitative estimate of drug-likeness (QED) is 0.254. The molecule has 2 heterocycles. The number of H-pyrrole nitrogens is 1. The van der Waals surface area contributed by atoms with E-state index in [0.29, 0.717) is 12.8 Å². The van der Waals surface area contributed by atoms with Gasteiger partial charge in [0.25, 0.3) is 5.91 Å². The molecule has 3 amide bonds. The molecular weight excluding hydrogens is 595 g/mol. The molecular formula is C25H28F7N7O4. The summed E-state index contributed by atoms with van der Waals surface area (Å²) in [7, 11) is 0. The van der Waals surface area contributed by atoms with Crippen LogP contribution in [0, 0.1) is 18.7 Å². The van der Waals surface area contributed by atoms with E-state index in [4.69, 9.17) is 10.5 Å². The van der Waals surface area contributed by atoms with Crippen LogP contribution >= 0.6 is 0 Å². The number of hydrogen-bond acceptors (Lipinski definition) is 7. The average Bonchev–Trinajstić information content (AvgIpc) is 3.47. The van der Waals surface area contributed by atoms with E-state index < -0.39 is 67.4 Å². The molecule has 0 saturated heterocycles. The third-order valence-corrected chi connectivity index (χ3v) is 7.04. The lowest BCUT2D eigenvalue weighted by Gasteiger charge is -2.31. The van der Waals surface area contributed by atoms with Gasteiger partial charge < -0.3 is 25.7 Å². The maximum Gasteiger partial charge on any atom is 0.414 e. The fourth-order valence-corrected chi connectivity index (χ4v) is 4.72. The molecule has 11 nitrogen and oxygen atoms in total. The van der Waals surface area contributed by atoms with Gasteiger partial charge in [0.15, 0.2) is 17.6 Å². The highest BCUT2D eigenvalue weighted by atomic mass is 19.4. The molecule has 18 heteroatoms. The number of rotatable bonds is 11. The zero-order valence-electron chi connectivity index (χ0n) is 23.0. The van der Waals surface area contributed by atoms with Gasteiger partial charge in [-0.1, -0.05) is 5.16 Å². The Morgan fingerprint density at radius 1 is 1.19 bits per heavy atom. The van der Waals surface area contributed by atoms with Crippen molar-refractivity contribution in [1.29, 1.82) is 0 Å². The molecule has 43 heavy (non-hydrogen) atoms. The molecule has 0 bridgehead atoms. The fraction of sp³-hybridized carbons (Fsp3) is 0.560. The van der Waals surface area contributed by atoms with Gasteiger partial charge in [0.2, 0.25) is 0 Å². The van der Waals surface area contributed by atoms with Gasteiger partial charge in [0, 0.05) is 6.54 Å². The normalized spacial score (nSPS) is 17.0. The number of hydrogen-bond donors (Lipinski definition) is 3. The van der Waals surface area contributed by atoms with E-state index in [2.05, 4.69) is 30.2 Å².